The van der Waals surface area contributed by atoms with E-state index in [1.165, 1.54) is 15.6 Å². The van der Waals surface area contributed by atoms with Crippen LogP contribution in [0, 0.1) is 5.82 Å². The molecule has 174 valence electrons. The molecule has 1 amide bonds. The summed E-state index contributed by atoms with van der Waals surface area (Å²) in [4.78, 5) is 25.6. The number of hydrogen-bond donors (Lipinski definition) is 1. The van der Waals surface area contributed by atoms with Gasteiger partial charge in [-0.1, -0.05) is 12.1 Å². The molecule has 0 bridgehead atoms. The molecule has 1 fully saturated rings. The van der Waals surface area contributed by atoms with Gasteiger partial charge in [0.25, 0.3) is 11.9 Å². The number of methoxy groups -OCH3 is 1. The van der Waals surface area contributed by atoms with Gasteiger partial charge in [0.2, 0.25) is 0 Å². The maximum atomic E-state index is 14.3. The van der Waals surface area contributed by atoms with Crippen molar-refractivity contribution in [3.8, 4) is 17.2 Å². The molecular formula is C24H30FN6O2+. The fourth-order valence-electron chi connectivity index (χ4n) is 4.55. The van der Waals surface area contributed by atoms with Crippen LogP contribution in [0.15, 0.2) is 42.7 Å². The smallest absolute Gasteiger partial charge is 0.257 e. The highest BCUT2D eigenvalue weighted by molar-refractivity contribution is 5.95. The van der Waals surface area contributed by atoms with Crippen LogP contribution in [0.3, 0.4) is 0 Å². The molecule has 1 atom stereocenters. The molecule has 8 nitrogen and oxygen atoms in total. The lowest BCUT2D eigenvalue weighted by Crippen LogP contribution is -3.15. The number of nitrogens with zero attached hydrogens (tertiary/aromatic N) is 5. The van der Waals surface area contributed by atoms with Crippen LogP contribution in [-0.2, 0) is 11.3 Å². The molecule has 4 rings (SSSR count). The minimum absolute atomic E-state index is 0.0624. The van der Waals surface area contributed by atoms with Crippen LogP contribution in [-0.4, -0.2) is 69.9 Å². The van der Waals surface area contributed by atoms with Gasteiger partial charge in [-0.3, -0.25) is 4.79 Å². The van der Waals surface area contributed by atoms with Crippen molar-refractivity contribution in [3.63, 3.8) is 0 Å². The number of carbonyl (C=O) groups excluding carboxylic acids is 1. The summed E-state index contributed by atoms with van der Waals surface area (Å²) in [7, 11) is 1.57. The topological polar surface area (TPSA) is 77.6 Å². The second-order valence-electron chi connectivity index (χ2n) is 8.17. The maximum Gasteiger partial charge on any atom is 0.257 e. The van der Waals surface area contributed by atoms with Crippen molar-refractivity contribution in [1.82, 2.24) is 24.6 Å². The Hall–Kier alpha value is -3.17. The number of hydrogen-bond acceptors (Lipinski definition) is 5. The maximum absolute atomic E-state index is 14.3. The van der Waals surface area contributed by atoms with Gasteiger partial charge in [0.05, 0.1) is 49.4 Å². The Morgan fingerprint density at radius 3 is 2.76 bits per heavy atom. The molecular weight excluding hydrogens is 423 g/mol. The summed E-state index contributed by atoms with van der Waals surface area (Å²) < 4.78 is 21.2. The van der Waals surface area contributed by atoms with E-state index >= 15 is 0 Å². The first-order valence-electron chi connectivity index (χ1n) is 11.3. The molecule has 0 aliphatic carbocycles. The van der Waals surface area contributed by atoms with Gasteiger partial charge >= 0.3 is 0 Å². The van der Waals surface area contributed by atoms with E-state index in [0.717, 1.165) is 32.6 Å². The normalized spacial score (nSPS) is 16.0. The van der Waals surface area contributed by atoms with E-state index in [4.69, 9.17) is 4.74 Å². The first-order chi connectivity index (χ1) is 16.1. The Morgan fingerprint density at radius 2 is 2.03 bits per heavy atom. The number of ether oxygens (including phenoxy) is 1. The summed E-state index contributed by atoms with van der Waals surface area (Å²) >= 11 is 0. The van der Waals surface area contributed by atoms with Crippen molar-refractivity contribution >= 4 is 5.91 Å². The third-order valence-electron chi connectivity index (χ3n) is 6.32. The average molecular weight is 454 g/mol. The number of rotatable bonds is 8. The second-order valence-corrected chi connectivity index (χ2v) is 8.17. The summed E-state index contributed by atoms with van der Waals surface area (Å²) in [5, 5.41) is 4.41. The highest BCUT2D eigenvalue weighted by Gasteiger charge is 2.34. The van der Waals surface area contributed by atoms with Gasteiger partial charge < -0.3 is 14.5 Å². The molecule has 2 aromatic heterocycles. The largest absolute Gasteiger partial charge is 0.378 e. The monoisotopic (exact) mass is 453 g/mol. The van der Waals surface area contributed by atoms with Crippen LogP contribution < -0.4 is 4.90 Å². The molecule has 0 radical (unpaired) electrons. The molecule has 0 saturated carbocycles. The van der Waals surface area contributed by atoms with Crippen LogP contribution in [0.4, 0.5) is 4.39 Å². The molecule has 1 aliphatic heterocycles. The highest BCUT2D eigenvalue weighted by atomic mass is 19.1. The number of aromatic nitrogens is 4. The van der Waals surface area contributed by atoms with Crippen molar-refractivity contribution in [1.29, 1.82) is 0 Å². The summed E-state index contributed by atoms with van der Waals surface area (Å²) in [5.74, 6) is -0.170. The van der Waals surface area contributed by atoms with Crippen LogP contribution in [0.1, 0.15) is 36.3 Å². The van der Waals surface area contributed by atoms with E-state index in [-0.39, 0.29) is 24.3 Å². The molecule has 1 saturated heterocycles. The van der Waals surface area contributed by atoms with Gasteiger partial charge in [0.15, 0.2) is 0 Å². The summed E-state index contributed by atoms with van der Waals surface area (Å²) in [5.41, 5.74) is 1.87. The molecule has 3 aromatic rings. The predicted molar refractivity (Wildman–Crippen MR) is 122 cm³/mol. The number of carbonyl (C=O) groups is 1. The third-order valence-corrected chi connectivity index (χ3v) is 6.32. The minimum Gasteiger partial charge on any atom is -0.378 e. The summed E-state index contributed by atoms with van der Waals surface area (Å²) in [6.45, 7) is 8.08. The standard InChI is InChI=1S/C24H29FN6O2/c1-4-29(5-2)17-11-13-30(15-17)23(32)19-14-27-31(22(19)16-33-3)24-26-12-10-21(28-24)18-8-6-7-9-20(18)25/h6-10,12,14,17H,4-5,11,13,15-16H2,1-3H3/p+1. The van der Waals surface area contributed by atoms with Gasteiger partial charge in [0.1, 0.15) is 11.9 Å². The lowest BCUT2D eigenvalue weighted by Gasteiger charge is -2.23. The molecule has 0 spiro atoms. The summed E-state index contributed by atoms with van der Waals surface area (Å²) in [6.07, 6.45) is 4.10. The lowest BCUT2D eigenvalue weighted by molar-refractivity contribution is -0.919. The molecule has 3 heterocycles. The Balaban J connectivity index is 1.64. The average Bonchev–Trinajstić information content (AvgIpc) is 3.48. The van der Waals surface area contributed by atoms with E-state index in [0.29, 0.717) is 28.6 Å². The van der Waals surface area contributed by atoms with Gasteiger partial charge in [-0.15, -0.1) is 0 Å². The zero-order valence-corrected chi connectivity index (χ0v) is 19.3. The zero-order valence-electron chi connectivity index (χ0n) is 19.3. The Labute approximate surface area is 193 Å². The van der Waals surface area contributed by atoms with Gasteiger partial charge in [-0.25, -0.2) is 14.4 Å². The minimum atomic E-state index is -0.366. The van der Waals surface area contributed by atoms with Gasteiger partial charge in [-0.2, -0.15) is 9.78 Å². The Bertz CT molecular complexity index is 1110. The molecule has 1 aromatic carbocycles. The van der Waals surface area contributed by atoms with Gasteiger partial charge in [0, 0.05) is 31.8 Å². The molecule has 1 N–H and O–H groups in total. The fourth-order valence-corrected chi connectivity index (χ4v) is 4.55. The highest BCUT2D eigenvalue weighted by Crippen LogP contribution is 2.23. The van der Waals surface area contributed by atoms with Crippen molar-refractivity contribution in [2.75, 3.05) is 33.3 Å². The van der Waals surface area contributed by atoms with E-state index in [1.54, 1.807) is 43.8 Å². The quantitative estimate of drug-likeness (QED) is 0.562. The lowest BCUT2D eigenvalue weighted by atomic mass is 10.1. The number of benzene rings is 1. The number of nitrogens with one attached hydrogen (secondary N) is 1. The molecule has 33 heavy (non-hydrogen) atoms. The van der Waals surface area contributed by atoms with Crippen LogP contribution in [0.2, 0.25) is 0 Å². The van der Waals surface area contributed by atoms with E-state index in [2.05, 4.69) is 28.9 Å². The third kappa shape index (κ3) is 4.65. The van der Waals surface area contributed by atoms with E-state index in [1.807, 2.05) is 4.90 Å². The first-order valence-corrected chi connectivity index (χ1v) is 11.3. The number of halogens is 1. The van der Waals surface area contributed by atoms with E-state index in [9.17, 15) is 9.18 Å². The van der Waals surface area contributed by atoms with Gasteiger partial charge in [-0.05, 0) is 32.0 Å². The zero-order chi connectivity index (χ0) is 23.4. The Morgan fingerprint density at radius 1 is 1.24 bits per heavy atom. The number of amides is 1. The fraction of sp³-hybridized carbons (Fsp3) is 0.417. The van der Waals surface area contributed by atoms with E-state index < -0.39 is 0 Å². The summed E-state index contributed by atoms with van der Waals surface area (Å²) in [6, 6.07) is 8.54. The molecule has 9 heteroatoms. The molecule has 1 aliphatic rings. The predicted octanol–water partition coefficient (Wildman–Crippen LogP) is 1.75. The van der Waals surface area contributed by atoms with Crippen molar-refractivity contribution in [2.45, 2.75) is 32.9 Å². The number of quaternary nitrogens is 1. The van der Waals surface area contributed by atoms with Crippen molar-refractivity contribution in [2.24, 2.45) is 0 Å². The van der Waals surface area contributed by atoms with Crippen LogP contribution in [0.25, 0.3) is 17.2 Å². The SMILES string of the molecule is CC[NH+](CC)C1CCN(C(=O)c2cnn(-c3nccc(-c4ccccc4F)n3)c2COC)C1. The Kier molecular flexibility index (Phi) is 7.10. The van der Waals surface area contributed by atoms with Crippen LogP contribution in [0.5, 0.6) is 0 Å². The second kappa shape index (κ2) is 10.2. The molecule has 1 unspecified atom stereocenters. The van der Waals surface area contributed by atoms with Crippen LogP contribution >= 0.6 is 0 Å². The number of likely N-dealkylation sites (N-methyl/N-ethyl adjacent to an activating group) is 1. The first kappa shape index (κ1) is 23.0. The van der Waals surface area contributed by atoms with Crippen molar-refractivity contribution in [3.05, 3.63) is 59.8 Å². The van der Waals surface area contributed by atoms with Crippen molar-refractivity contribution < 1.29 is 18.8 Å². The number of likely N-dealkylation sites (tertiary alicyclic amines) is 1.